The van der Waals surface area contributed by atoms with Gasteiger partial charge >= 0.3 is 12.0 Å². The van der Waals surface area contributed by atoms with Crippen molar-refractivity contribution in [2.45, 2.75) is 130 Å². The lowest BCUT2D eigenvalue weighted by Crippen LogP contribution is -2.53. The van der Waals surface area contributed by atoms with Crippen LogP contribution in [0.5, 0.6) is 0 Å². The molecule has 4 aliphatic rings. The van der Waals surface area contributed by atoms with Crippen molar-refractivity contribution in [3.05, 3.63) is 23.8 Å². The lowest BCUT2D eigenvalue weighted by Gasteiger charge is -2.60. The molecule has 0 radical (unpaired) electrons. The number of benzene rings is 1. The van der Waals surface area contributed by atoms with E-state index in [0.717, 1.165) is 56.6 Å². The van der Waals surface area contributed by atoms with Gasteiger partial charge in [0, 0.05) is 16.9 Å². The highest BCUT2D eigenvalue weighted by atomic mass is 19.3. The molecule has 7 heteroatoms. The first-order chi connectivity index (χ1) is 19.6. The Morgan fingerprint density at radius 1 is 0.857 bits per heavy atom. The molecule has 4 saturated carbocycles. The van der Waals surface area contributed by atoms with E-state index in [1.807, 2.05) is 0 Å². The molecular formula is C35H54F4N2O. The minimum atomic E-state index is -4.69. The third-order valence-electron chi connectivity index (χ3n) is 12.7. The molecule has 1 aromatic carbocycles. The van der Waals surface area contributed by atoms with Crippen molar-refractivity contribution in [1.29, 1.82) is 0 Å². The summed E-state index contributed by atoms with van der Waals surface area (Å²) in [5.74, 6) is -2.09. The molecule has 42 heavy (non-hydrogen) atoms. The van der Waals surface area contributed by atoms with Gasteiger partial charge in [-0.05, 0) is 115 Å². The second kappa shape index (κ2) is 11.5. The molecule has 238 valence electrons. The molecule has 5 rings (SSSR count). The quantitative estimate of drug-likeness (QED) is 0.221. The topological polar surface area (TPSA) is 61.3 Å². The molecular weight excluding hydrogens is 540 g/mol. The lowest BCUT2D eigenvalue weighted by atomic mass is 9.44. The minimum Gasteiger partial charge on any atom is -0.399 e. The number of halogens is 4. The molecule has 2 unspecified atom stereocenters. The molecule has 0 aromatic heterocycles. The second-order valence-corrected chi connectivity index (χ2v) is 15.6. The Balaban J connectivity index is 1.46. The lowest BCUT2D eigenvalue weighted by molar-refractivity contribution is -0.372. The summed E-state index contributed by atoms with van der Waals surface area (Å²) in [4.78, 5) is 0. The van der Waals surface area contributed by atoms with Crippen LogP contribution >= 0.6 is 0 Å². The Morgan fingerprint density at radius 2 is 1.55 bits per heavy atom. The molecule has 4 fully saturated rings. The van der Waals surface area contributed by atoms with E-state index in [0.29, 0.717) is 29.6 Å². The van der Waals surface area contributed by atoms with Gasteiger partial charge in [-0.25, -0.2) is 0 Å². The van der Waals surface area contributed by atoms with Gasteiger partial charge in [-0.2, -0.15) is 17.6 Å². The number of nitrogen functional groups attached to an aromatic ring is 2. The van der Waals surface area contributed by atoms with Gasteiger partial charge in [-0.1, -0.05) is 66.7 Å². The van der Waals surface area contributed by atoms with Gasteiger partial charge in [0.05, 0.1) is 6.10 Å². The van der Waals surface area contributed by atoms with E-state index < -0.39 is 23.7 Å². The highest BCUT2D eigenvalue weighted by molar-refractivity contribution is 5.55. The van der Waals surface area contributed by atoms with Crippen molar-refractivity contribution < 1.29 is 22.3 Å². The van der Waals surface area contributed by atoms with Crippen molar-refractivity contribution in [2.75, 3.05) is 11.5 Å². The SMILES string of the molecule is CC(C)CCC[C@@H](C)[C@H]1C(OC(F)(F)C(F)(F)c2cc(N)cc(N)c2)C[C@H]2[C@@H]3CCC4CCCC[C@]4(C)[C@H]3CC[C@]12C. The average Bonchev–Trinajstić information content (AvgIpc) is 3.18. The van der Waals surface area contributed by atoms with Crippen LogP contribution in [0.4, 0.5) is 28.9 Å². The van der Waals surface area contributed by atoms with E-state index in [1.54, 1.807) is 0 Å². The first-order valence-electron chi connectivity index (χ1n) is 16.7. The van der Waals surface area contributed by atoms with Crippen molar-refractivity contribution >= 4 is 11.4 Å². The number of rotatable bonds is 9. The van der Waals surface area contributed by atoms with Crippen LogP contribution in [-0.4, -0.2) is 12.2 Å². The maximum absolute atomic E-state index is 15.8. The third kappa shape index (κ3) is 5.47. The van der Waals surface area contributed by atoms with Gasteiger partial charge in [0.2, 0.25) is 0 Å². The van der Waals surface area contributed by atoms with Crippen LogP contribution in [0.15, 0.2) is 18.2 Å². The number of ether oxygens (including phenoxy) is 1. The van der Waals surface area contributed by atoms with Crippen LogP contribution in [0.3, 0.4) is 0 Å². The fourth-order valence-electron chi connectivity index (χ4n) is 10.8. The summed E-state index contributed by atoms with van der Waals surface area (Å²) >= 11 is 0. The van der Waals surface area contributed by atoms with Crippen molar-refractivity contribution in [3.63, 3.8) is 0 Å². The first kappa shape index (κ1) is 31.9. The number of hydrogen-bond donors (Lipinski definition) is 2. The van der Waals surface area contributed by atoms with Gasteiger partial charge in [-0.15, -0.1) is 0 Å². The van der Waals surface area contributed by atoms with Crippen LogP contribution in [0, 0.1) is 52.3 Å². The summed E-state index contributed by atoms with van der Waals surface area (Å²) in [5.41, 5.74) is 10.5. The molecule has 3 nitrogen and oxygen atoms in total. The monoisotopic (exact) mass is 594 g/mol. The zero-order valence-corrected chi connectivity index (χ0v) is 26.4. The Bertz CT molecular complexity index is 1090. The fraction of sp³-hybridized carbons (Fsp3) is 0.829. The van der Waals surface area contributed by atoms with Gasteiger partial charge in [0.1, 0.15) is 0 Å². The van der Waals surface area contributed by atoms with Gasteiger partial charge in [0.15, 0.2) is 0 Å². The maximum Gasteiger partial charge on any atom is 0.424 e. The highest BCUT2D eigenvalue weighted by Crippen LogP contribution is 2.69. The second-order valence-electron chi connectivity index (χ2n) is 15.6. The number of nitrogens with two attached hydrogens (primary N) is 2. The van der Waals surface area contributed by atoms with Gasteiger partial charge in [-0.3, -0.25) is 0 Å². The molecule has 0 bridgehead atoms. The van der Waals surface area contributed by atoms with E-state index in [1.165, 1.54) is 38.2 Å². The summed E-state index contributed by atoms with van der Waals surface area (Å²) in [7, 11) is 0. The van der Waals surface area contributed by atoms with Gasteiger partial charge in [0.25, 0.3) is 0 Å². The fourth-order valence-corrected chi connectivity index (χ4v) is 10.8. The molecule has 1 aromatic rings. The van der Waals surface area contributed by atoms with Crippen LogP contribution < -0.4 is 11.5 Å². The van der Waals surface area contributed by atoms with E-state index in [-0.39, 0.29) is 34.5 Å². The zero-order chi connectivity index (χ0) is 30.7. The smallest absolute Gasteiger partial charge is 0.399 e. The highest BCUT2D eigenvalue weighted by Gasteiger charge is 2.67. The average molecular weight is 595 g/mol. The molecule has 0 aliphatic heterocycles. The minimum absolute atomic E-state index is 0.0747. The standard InChI is InChI=1S/C35H54F4N2O/c1-21(2)9-8-10-22(3)31-30(42-35(38,39)34(36,37)24-17-25(40)19-26(41)18-24)20-29-27-13-12-23-11-6-7-15-32(23,4)28(27)14-16-33(29,31)5/h17-19,21-23,27-31H,6-16,20,40-41H2,1-5H3/t22-,23?,27-,28+,29+,30?,31+,32+,33+/m1/s1. The zero-order valence-electron chi connectivity index (χ0n) is 26.4. The summed E-state index contributed by atoms with van der Waals surface area (Å²) in [6, 6.07) is 3.04. The predicted octanol–water partition coefficient (Wildman–Crippen LogP) is 10.0. The molecule has 0 saturated heterocycles. The van der Waals surface area contributed by atoms with Crippen LogP contribution in [-0.2, 0) is 10.7 Å². The number of alkyl halides is 4. The maximum atomic E-state index is 15.8. The third-order valence-corrected chi connectivity index (χ3v) is 12.7. The Hall–Kier alpha value is -1.50. The number of fused-ring (bicyclic) bond motifs is 5. The van der Waals surface area contributed by atoms with Crippen LogP contribution in [0.25, 0.3) is 0 Å². The molecule has 4 aliphatic carbocycles. The Labute approximate surface area is 250 Å². The predicted molar refractivity (Wildman–Crippen MR) is 162 cm³/mol. The van der Waals surface area contributed by atoms with E-state index in [4.69, 9.17) is 16.2 Å². The molecule has 4 N–H and O–H groups in total. The van der Waals surface area contributed by atoms with Crippen LogP contribution in [0.2, 0.25) is 0 Å². The normalized spacial score (nSPS) is 37.7. The summed E-state index contributed by atoms with van der Waals surface area (Å²) < 4.78 is 68.1. The van der Waals surface area contributed by atoms with Gasteiger partial charge < -0.3 is 16.2 Å². The number of hydrogen-bond acceptors (Lipinski definition) is 3. The Kier molecular flexibility index (Phi) is 8.70. The van der Waals surface area contributed by atoms with Crippen molar-refractivity contribution in [3.8, 4) is 0 Å². The molecule has 0 heterocycles. The first-order valence-corrected chi connectivity index (χ1v) is 16.7. The largest absolute Gasteiger partial charge is 0.424 e. The Morgan fingerprint density at radius 3 is 2.21 bits per heavy atom. The van der Waals surface area contributed by atoms with Crippen molar-refractivity contribution in [1.82, 2.24) is 0 Å². The van der Waals surface area contributed by atoms with E-state index >= 15 is 17.6 Å². The van der Waals surface area contributed by atoms with E-state index in [9.17, 15) is 0 Å². The molecule has 9 atom stereocenters. The summed E-state index contributed by atoms with van der Waals surface area (Å²) in [5, 5.41) is 0. The van der Waals surface area contributed by atoms with Crippen LogP contribution in [0.1, 0.15) is 117 Å². The molecule has 0 amide bonds. The summed E-state index contributed by atoms with van der Waals surface area (Å²) in [6.07, 6.45) is 7.34. The number of anilines is 2. The molecule has 0 spiro atoms. The summed E-state index contributed by atoms with van der Waals surface area (Å²) in [6.45, 7) is 11.3. The van der Waals surface area contributed by atoms with E-state index in [2.05, 4.69) is 34.6 Å². The van der Waals surface area contributed by atoms with Crippen molar-refractivity contribution in [2.24, 2.45) is 52.3 Å².